The van der Waals surface area contributed by atoms with Crippen LogP contribution >= 0.6 is 0 Å². The molecule has 0 radical (unpaired) electrons. The van der Waals surface area contributed by atoms with E-state index in [0.29, 0.717) is 18.1 Å². The van der Waals surface area contributed by atoms with Crippen LogP contribution < -0.4 is 23.8 Å². The lowest BCUT2D eigenvalue weighted by Crippen LogP contribution is -2.40. The van der Waals surface area contributed by atoms with Crippen LogP contribution in [0.15, 0.2) is 42.5 Å². The summed E-state index contributed by atoms with van der Waals surface area (Å²) in [7, 11) is -0.821. The minimum atomic E-state index is -3.74. The smallest absolute Gasteiger partial charge is 0.241 e. The highest BCUT2D eigenvalue weighted by atomic mass is 32.2. The van der Waals surface area contributed by atoms with Crippen molar-refractivity contribution in [3.8, 4) is 17.2 Å². The Morgan fingerprint density at radius 1 is 1.07 bits per heavy atom. The van der Waals surface area contributed by atoms with Crippen molar-refractivity contribution in [3.05, 3.63) is 48.0 Å². The third kappa shape index (κ3) is 6.02. The van der Waals surface area contributed by atoms with E-state index in [4.69, 9.17) is 14.2 Å². The van der Waals surface area contributed by atoms with E-state index in [1.54, 1.807) is 12.1 Å². The fourth-order valence-electron chi connectivity index (χ4n) is 2.70. The molecule has 0 heterocycles. The van der Waals surface area contributed by atoms with Crippen LogP contribution in [0.25, 0.3) is 0 Å². The summed E-state index contributed by atoms with van der Waals surface area (Å²) in [4.78, 5) is 12.5. The number of nitrogens with zero attached hydrogens (tertiary/aromatic N) is 1. The van der Waals surface area contributed by atoms with Gasteiger partial charge >= 0.3 is 0 Å². The Balaban J connectivity index is 2.19. The van der Waals surface area contributed by atoms with E-state index < -0.39 is 22.5 Å². The van der Waals surface area contributed by atoms with Gasteiger partial charge in [-0.1, -0.05) is 18.2 Å². The van der Waals surface area contributed by atoms with Crippen LogP contribution in [0, 0.1) is 0 Å². The third-order valence-corrected chi connectivity index (χ3v) is 5.22. The van der Waals surface area contributed by atoms with E-state index in [-0.39, 0.29) is 18.0 Å². The predicted molar refractivity (Wildman–Crippen MR) is 111 cm³/mol. The quantitative estimate of drug-likeness (QED) is 0.631. The number of carbonyl (C=O) groups is 1. The minimum Gasteiger partial charge on any atom is -0.497 e. The zero-order valence-electron chi connectivity index (χ0n) is 17.0. The molecule has 29 heavy (non-hydrogen) atoms. The molecular formula is C20H26N2O6S. The molecule has 158 valence electrons. The number of sulfonamides is 1. The molecule has 2 rings (SSSR count). The van der Waals surface area contributed by atoms with Gasteiger partial charge in [-0.05, 0) is 25.1 Å². The number of amides is 1. The Kier molecular flexibility index (Phi) is 7.72. The maximum absolute atomic E-state index is 12.5. The van der Waals surface area contributed by atoms with E-state index in [1.165, 1.54) is 20.3 Å². The highest BCUT2D eigenvalue weighted by Gasteiger charge is 2.24. The second-order valence-corrected chi connectivity index (χ2v) is 8.03. The largest absolute Gasteiger partial charge is 0.497 e. The number of nitrogens with one attached hydrogen (secondary N) is 1. The lowest BCUT2D eigenvalue weighted by Gasteiger charge is -2.24. The lowest BCUT2D eigenvalue weighted by molar-refractivity contribution is -0.119. The molecule has 2 aromatic carbocycles. The lowest BCUT2D eigenvalue weighted by atomic mass is 10.2. The fourth-order valence-corrected chi connectivity index (χ4v) is 3.56. The van der Waals surface area contributed by atoms with Gasteiger partial charge in [-0.15, -0.1) is 0 Å². The Morgan fingerprint density at radius 2 is 1.79 bits per heavy atom. The van der Waals surface area contributed by atoms with Gasteiger partial charge in [0.05, 0.1) is 32.8 Å². The monoisotopic (exact) mass is 422 g/mol. The van der Waals surface area contributed by atoms with E-state index in [1.807, 2.05) is 31.2 Å². The summed E-state index contributed by atoms with van der Waals surface area (Å²) >= 11 is 0. The third-order valence-electron chi connectivity index (χ3n) is 4.09. The molecule has 0 aliphatic rings. The summed E-state index contributed by atoms with van der Waals surface area (Å²) in [5, 5.41) is 2.74. The molecule has 0 aliphatic heterocycles. The normalized spacial score (nSPS) is 10.9. The van der Waals surface area contributed by atoms with Crippen LogP contribution in [0.5, 0.6) is 17.2 Å². The molecule has 9 heteroatoms. The highest BCUT2D eigenvalue weighted by Crippen LogP contribution is 2.33. The molecule has 0 aliphatic carbocycles. The Labute approximate surface area is 171 Å². The zero-order chi connectivity index (χ0) is 21.4. The van der Waals surface area contributed by atoms with Gasteiger partial charge in [-0.3, -0.25) is 9.10 Å². The average molecular weight is 423 g/mol. The molecule has 0 atom stereocenters. The summed E-state index contributed by atoms with van der Waals surface area (Å²) < 4.78 is 41.6. The minimum absolute atomic E-state index is 0.215. The van der Waals surface area contributed by atoms with Gasteiger partial charge < -0.3 is 19.5 Å². The second kappa shape index (κ2) is 10.0. The molecular weight excluding hydrogens is 396 g/mol. The van der Waals surface area contributed by atoms with Crippen molar-refractivity contribution < 1.29 is 27.4 Å². The SMILES string of the molecule is CCOc1ccccc1CNC(=O)CN(c1ccc(OC)cc1OC)S(C)(=O)=O. The van der Waals surface area contributed by atoms with E-state index >= 15 is 0 Å². The number of para-hydroxylation sites is 1. The number of methoxy groups -OCH3 is 2. The number of ether oxygens (including phenoxy) is 3. The summed E-state index contributed by atoms with van der Waals surface area (Å²) in [5.74, 6) is 1.01. The number of hydrogen-bond donors (Lipinski definition) is 1. The molecule has 0 fully saturated rings. The molecule has 0 saturated heterocycles. The van der Waals surface area contributed by atoms with Crippen molar-refractivity contribution in [2.24, 2.45) is 0 Å². The van der Waals surface area contributed by atoms with Crippen LogP contribution in [-0.2, 0) is 21.4 Å². The van der Waals surface area contributed by atoms with Crippen LogP contribution in [0.4, 0.5) is 5.69 Å². The molecule has 0 bridgehead atoms. The van der Waals surface area contributed by atoms with Gasteiger partial charge in [0.2, 0.25) is 15.9 Å². The highest BCUT2D eigenvalue weighted by molar-refractivity contribution is 7.92. The maximum Gasteiger partial charge on any atom is 0.241 e. The number of rotatable bonds is 10. The van der Waals surface area contributed by atoms with Crippen LogP contribution in [-0.4, -0.2) is 48.0 Å². The standard InChI is InChI=1S/C20H26N2O6S/c1-5-28-18-9-7-6-8-15(18)13-21-20(23)14-22(29(4,24)25)17-11-10-16(26-2)12-19(17)27-3/h6-12H,5,13-14H2,1-4H3,(H,21,23). The first-order valence-corrected chi connectivity index (χ1v) is 10.8. The van der Waals surface area contributed by atoms with Gasteiger partial charge in [0.1, 0.15) is 23.8 Å². The molecule has 0 saturated carbocycles. The Morgan fingerprint density at radius 3 is 2.41 bits per heavy atom. The second-order valence-electron chi connectivity index (χ2n) is 6.12. The molecule has 0 spiro atoms. The summed E-state index contributed by atoms with van der Waals surface area (Å²) in [5.41, 5.74) is 1.05. The van der Waals surface area contributed by atoms with Gasteiger partial charge in [-0.2, -0.15) is 0 Å². The van der Waals surface area contributed by atoms with Crippen molar-refractivity contribution >= 4 is 21.6 Å². The first-order chi connectivity index (χ1) is 13.8. The van der Waals surface area contributed by atoms with E-state index in [9.17, 15) is 13.2 Å². The van der Waals surface area contributed by atoms with Gasteiger partial charge in [0.15, 0.2) is 0 Å². The first kappa shape index (κ1) is 22.4. The maximum atomic E-state index is 12.5. The molecule has 8 nitrogen and oxygen atoms in total. The summed E-state index contributed by atoms with van der Waals surface area (Å²) in [6, 6.07) is 12.0. The van der Waals surface area contributed by atoms with Crippen LogP contribution in [0.2, 0.25) is 0 Å². The van der Waals surface area contributed by atoms with Crippen molar-refractivity contribution in [2.75, 3.05) is 37.9 Å². The summed E-state index contributed by atoms with van der Waals surface area (Å²) in [6.45, 7) is 2.20. The van der Waals surface area contributed by atoms with Crippen LogP contribution in [0.1, 0.15) is 12.5 Å². The first-order valence-electron chi connectivity index (χ1n) is 8.97. The average Bonchev–Trinajstić information content (AvgIpc) is 2.70. The zero-order valence-corrected chi connectivity index (χ0v) is 17.8. The van der Waals surface area contributed by atoms with Gasteiger partial charge in [0, 0.05) is 18.2 Å². The number of anilines is 1. The number of benzene rings is 2. The molecule has 2 aromatic rings. The molecule has 1 N–H and O–H groups in total. The van der Waals surface area contributed by atoms with Gasteiger partial charge in [0.25, 0.3) is 0 Å². The molecule has 0 unspecified atom stereocenters. The van der Waals surface area contributed by atoms with Crippen molar-refractivity contribution in [3.63, 3.8) is 0 Å². The van der Waals surface area contributed by atoms with Crippen molar-refractivity contribution in [1.29, 1.82) is 0 Å². The molecule has 1 amide bonds. The fraction of sp³-hybridized carbons (Fsp3) is 0.350. The Hall–Kier alpha value is -2.94. The molecule has 0 aromatic heterocycles. The predicted octanol–water partition coefficient (Wildman–Crippen LogP) is 2.18. The number of hydrogen-bond acceptors (Lipinski definition) is 6. The van der Waals surface area contributed by atoms with E-state index in [2.05, 4.69) is 5.32 Å². The van der Waals surface area contributed by atoms with Crippen LogP contribution in [0.3, 0.4) is 0 Å². The topological polar surface area (TPSA) is 94.2 Å². The van der Waals surface area contributed by atoms with Gasteiger partial charge in [-0.25, -0.2) is 8.42 Å². The van der Waals surface area contributed by atoms with E-state index in [0.717, 1.165) is 16.1 Å². The van der Waals surface area contributed by atoms with Crippen molar-refractivity contribution in [1.82, 2.24) is 5.32 Å². The Bertz CT molecular complexity index is 946. The number of carbonyl (C=O) groups excluding carboxylic acids is 1. The van der Waals surface area contributed by atoms with Crippen molar-refractivity contribution in [2.45, 2.75) is 13.5 Å². The summed E-state index contributed by atoms with van der Waals surface area (Å²) in [6.07, 6.45) is 1.04.